The van der Waals surface area contributed by atoms with Crippen LogP contribution in [0.15, 0.2) is 18.2 Å². The Hall–Kier alpha value is -1.46. The van der Waals surface area contributed by atoms with E-state index in [1.165, 1.54) is 12.1 Å². The van der Waals surface area contributed by atoms with Crippen LogP contribution in [0.3, 0.4) is 0 Å². The fourth-order valence-electron chi connectivity index (χ4n) is 2.16. The molecule has 1 aromatic heterocycles. The minimum atomic E-state index is -0.340. The Bertz CT molecular complexity index is 550. The molecule has 4 nitrogen and oxygen atoms in total. The van der Waals surface area contributed by atoms with E-state index in [0.717, 1.165) is 11.0 Å². The van der Waals surface area contributed by atoms with Gasteiger partial charge in [-0.15, -0.1) is 0 Å². The van der Waals surface area contributed by atoms with Crippen LogP contribution >= 0.6 is 0 Å². The molecule has 5 heteroatoms. The first kappa shape index (κ1) is 13.0. The van der Waals surface area contributed by atoms with Crippen LogP contribution in [0, 0.1) is 5.82 Å². The summed E-state index contributed by atoms with van der Waals surface area (Å²) in [5.41, 5.74) is 7.48. The van der Waals surface area contributed by atoms with Crippen molar-refractivity contribution in [3.8, 4) is 0 Å². The van der Waals surface area contributed by atoms with Gasteiger partial charge in [-0.05, 0) is 38.5 Å². The predicted molar refractivity (Wildman–Crippen MR) is 68.7 cm³/mol. The summed E-state index contributed by atoms with van der Waals surface area (Å²) in [6, 6.07) is 4.31. The number of aliphatic hydroxyl groups excluding tert-OH is 1. The Labute approximate surface area is 105 Å². The average molecular weight is 251 g/mol. The lowest BCUT2D eigenvalue weighted by Gasteiger charge is -2.16. The van der Waals surface area contributed by atoms with Crippen LogP contribution in [0.25, 0.3) is 11.0 Å². The Morgan fingerprint density at radius 1 is 1.44 bits per heavy atom. The molecule has 0 saturated carbocycles. The Morgan fingerprint density at radius 2 is 2.17 bits per heavy atom. The molecule has 0 bridgehead atoms. The number of halogens is 1. The molecule has 0 radical (unpaired) electrons. The predicted octanol–water partition coefficient (Wildman–Crippen LogP) is 2.14. The summed E-state index contributed by atoms with van der Waals surface area (Å²) >= 11 is 0. The lowest BCUT2D eigenvalue weighted by Crippen LogP contribution is -2.19. The summed E-state index contributed by atoms with van der Waals surface area (Å²) in [7, 11) is 0. The molecule has 98 valence electrons. The summed E-state index contributed by atoms with van der Waals surface area (Å²) in [6.45, 7) is 4.01. The van der Waals surface area contributed by atoms with E-state index in [9.17, 15) is 4.39 Å². The molecule has 1 aromatic carbocycles. The molecule has 0 aliphatic rings. The number of hydrogen-bond acceptors (Lipinski definition) is 3. The second-order valence-electron chi connectivity index (χ2n) is 4.69. The number of nitrogens with two attached hydrogens (primary N) is 1. The van der Waals surface area contributed by atoms with Crippen LogP contribution in [-0.2, 0) is 0 Å². The lowest BCUT2D eigenvalue weighted by molar-refractivity contribution is 0.273. The molecule has 2 aromatic rings. The van der Waals surface area contributed by atoms with E-state index in [1.807, 2.05) is 18.4 Å². The number of fused-ring (bicyclic) bond motifs is 1. The third kappa shape index (κ3) is 2.23. The normalized spacial score (nSPS) is 13.4. The molecule has 1 heterocycles. The molecule has 0 aliphatic carbocycles. The van der Waals surface area contributed by atoms with E-state index in [1.54, 1.807) is 6.07 Å². The topological polar surface area (TPSA) is 64.1 Å². The largest absolute Gasteiger partial charge is 0.396 e. The zero-order valence-electron chi connectivity index (χ0n) is 10.6. The molecule has 0 spiro atoms. The fraction of sp³-hybridized carbons (Fsp3) is 0.462. The van der Waals surface area contributed by atoms with Crippen molar-refractivity contribution >= 4 is 11.0 Å². The van der Waals surface area contributed by atoms with Gasteiger partial charge in [0.2, 0.25) is 0 Å². The Morgan fingerprint density at radius 3 is 2.78 bits per heavy atom. The van der Waals surface area contributed by atoms with Crippen LogP contribution < -0.4 is 5.73 Å². The van der Waals surface area contributed by atoms with E-state index in [-0.39, 0.29) is 24.5 Å². The monoisotopic (exact) mass is 251 g/mol. The number of benzene rings is 1. The number of rotatable bonds is 4. The Kier molecular flexibility index (Phi) is 3.63. The van der Waals surface area contributed by atoms with Gasteiger partial charge in [0.25, 0.3) is 0 Å². The van der Waals surface area contributed by atoms with Gasteiger partial charge in [0, 0.05) is 12.6 Å². The molecule has 0 amide bonds. The van der Waals surface area contributed by atoms with Crippen LogP contribution in [0.1, 0.15) is 38.2 Å². The van der Waals surface area contributed by atoms with Crippen molar-refractivity contribution in [1.29, 1.82) is 0 Å². The zero-order valence-corrected chi connectivity index (χ0v) is 10.6. The van der Waals surface area contributed by atoms with E-state index in [4.69, 9.17) is 10.8 Å². The maximum atomic E-state index is 13.3. The molecule has 0 saturated heterocycles. The summed E-state index contributed by atoms with van der Waals surface area (Å²) < 4.78 is 15.3. The standard InChI is InChI=1S/C13H18FN3O/c1-8(2)17-12-7-9(14)3-4-11(12)16-13(17)10(15)5-6-18/h3-4,7-8,10,18H,5-6,15H2,1-2H3. The summed E-state index contributed by atoms with van der Waals surface area (Å²) in [5, 5.41) is 8.97. The number of aliphatic hydroxyl groups is 1. The SMILES string of the molecule is CC(C)n1c(C(N)CCO)nc2ccc(F)cc21. The highest BCUT2D eigenvalue weighted by molar-refractivity contribution is 5.76. The first-order valence-electron chi connectivity index (χ1n) is 6.08. The van der Waals surface area contributed by atoms with Crippen LogP contribution in [0.5, 0.6) is 0 Å². The van der Waals surface area contributed by atoms with Gasteiger partial charge in [0.05, 0.1) is 17.1 Å². The molecule has 3 N–H and O–H groups in total. The fourth-order valence-corrected chi connectivity index (χ4v) is 2.16. The van der Waals surface area contributed by atoms with Crippen LogP contribution in [0.2, 0.25) is 0 Å². The molecule has 1 atom stereocenters. The van der Waals surface area contributed by atoms with Gasteiger partial charge in [0.1, 0.15) is 11.6 Å². The Balaban J connectivity index is 2.61. The quantitative estimate of drug-likeness (QED) is 0.875. The highest BCUT2D eigenvalue weighted by Gasteiger charge is 2.18. The van der Waals surface area contributed by atoms with E-state index < -0.39 is 0 Å². The van der Waals surface area contributed by atoms with Crippen molar-refractivity contribution in [2.75, 3.05) is 6.61 Å². The molecule has 0 aliphatic heterocycles. The van der Waals surface area contributed by atoms with Gasteiger partial charge in [-0.2, -0.15) is 0 Å². The van der Waals surface area contributed by atoms with Gasteiger partial charge in [0.15, 0.2) is 0 Å². The highest BCUT2D eigenvalue weighted by Crippen LogP contribution is 2.25. The van der Waals surface area contributed by atoms with E-state index in [0.29, 0.717) is 12.2 Å². The van der Waals surface area contributed by atoms with Gasteiger partial charge in [-0.25, -0.2) is 9.37 Å². The van der Waals surface area contributed by atoms with Crippen molar-refractivity contribution in [1.82, 2.24) is 9.55 Å². The van der Waals surface area contributed by atoms with Crippen molar-refractivity contribution in [3.05, 3.63) is 29.8 Å². The van der Waals surface area contributed by atoms with Crippen molar-refractivity contribution in [3.63, 3.8) is 0 Å². The van der Waals surface area contributed by atoms with Crippen LogP contribution in [0.4, 0.5) is 4.39 Å². The first-order chi connectivity index (χ1) is 8.54. The number of nitrogens with zero attached hydrogens (tertiary/aromatic N) is 2. The van der Waals surface area contributed by atoms with Gasteiger partial charge < -0.3 is 15.4 Å². The second kappa shape index (κ2) is 5.04. The third-order valence-electron chi connectivity index (χ3n) is 2.97. The molecule has 1 unspecified atom stereocenters. The number of aromatic nitrogens is 2. The summed E-state index contributed by atoms with van der Waals surface area (Å²) in [5.74, 6) is 0.409. The molecule has 0 fully saturated rings. The third-order valence-corrected chi connectivity index (χ3v) is 2.97. The van der Waals surface area contributed by atoms with E-state index >= 15 is 0 Å². The number of imidazole rings is 1. The van der Waals surface area contributed by atoms with Crippen molar-refractivity contribution in [2.45, 2.75) is 32.4 Å². The number of hydrogen-bond donors (Lipinski definition) is 2. The van der Waals surface area contributed by atoms with E-state index in [2.05, 4.69) is 4.98 Å². The zero-order chi connectivity index (χ0) is 13.3. The lowest BCUT2D eigenvalue weighted by atomic mass is 10.2. The smallest absolute Gasteiger partial charge is 0.127 e. The minimum Gasteiger partial charge on any atom is -0.396 e. The van der Waals surface area contributed by atoms with Crippen molar-refractivity contribution < 1.29 is 9.50 Å². The highest BCUT2D eigenvalue weighted by atomic mass is 19.1. The molecule has 18 heavy (non-hydrogen) atoms. The summed E-state index contributed by atoms with van der Waals surface area (Å²) in [4.78, 5) is 4.45. The average Bonchev–Trinajstić information content (AvgIpc) is 2.67. The maximum absolute atomic E-state index is 13.3. The summed E-state index contributed by atoms with van der Waals surface area (Å²) in [6.07, 6.45) is 0.443. The minimum absolute atomic E-state index is 0.0107. The second-order valence-corrected chi connectivity index (χ2v) is 4.69. The van der Waals surface area contributed by atoms with Crippen molar-refractivity contribution in [2.24, 2.45) is 5.73 Å². The maximum Gasteiger partial charge on any atom is 0.127 e. The molecular weight excluding hydrogens is 233 g/mol. The van der Waals surface area contributed by atoms with Gasteiger partial charge in [-0.3, -0.25) is 0 Å². The van der Waals surface area contributed by atoms with Crippen LogP contribution in [-0.4, -0.2) is 21.3 Å². The molecular formula is C13H18FN3O. The van der Waals surface area contributed by atoms with Gasteiger partial charge >= 0.3 is 0 Å². The first-order valence-corrected chi connectivity index (χ1v) is 6.08. The van der Waals surface area contributed by atoms with Gasteiger partial charge in [-0.1, -0.05) is 0 Å². The molecule has 2 rings (SSSR count).